The Bertz CT molecular complexity index is 1670. The predicted molar refractivity (Wildman–Crippen MR) is 162 cm³/mol. The van der Waals surface area contributed by atoms with Gasteiger partial charge >= 0.3 is 0 Å². The number of carbonyl (C=O) groups is 1. The van der Waals surface area contributed by atoms with Gasteiger partial charge in [-0.2, -0.15) is 0 Å². The van der Waals surface area contributed by atoms with Gasteiger partial charge in [0.15, 0.2) is 6.29 Å². The molecule has 7 N–H and O–H groups in total. The maximum Gasteiger partial charge on any atom is 0.297 e. The first-order chi connectivity index (χ1) is 21.8. The molecule has 0 bridgehead atoms. The zero-order chi connectivity index (χ0) is 33.3. The van der Waals surface area contributed by atoms with Crippen LogP contribution in [0.1, 0.15) is 26.7 Å². The second kappa shape index (κ2) is 23.2. The Kier molecular flexibility index (Phi) is 19.5. The Morgan fingerprint density at radius 1 is 0.756 bits per heavy atom. The monoisotopic (exact) mass is 607 g/mol. The minimum Gasteiger partial charge on any atom is -0.394 e. The van der Waals surface area contributed by atoms with Crippen LogP contribution < -0.4 is 5.32 Å². The number of amides is 1. The standard InChI is InChI=1S/C35H29NO9/c1-3-5-6-7-8-9-10-11-12-13-14-15-16-17-18-19-20-21-22-24-30(39)36-27(31(40)28(38)23-4-2)26-44-35-34(43)33(42)32(41)29(25-37)45-35/h27-29,31-35,37-38,40-43H,4,23,25-26H2,1-2H3,(H,36,39)/t27-,28+,29?,31-,32?,33?,34?,35?/m0/s1. The van der Waals surface area contributed by atoms with E-state index in [1.807, 2.05) is 0 Å². The third-order valence-electron chi connectivity index (χ3n) is 5.36. The molecule has 1 rings (SSSR count). The quantitative estimate of drug-likeness (QED) is 0.134. The van der Waals surface area contributed by atoms with Crippen LogP contribution in [0, 0.1) is 118 Å². The fourth-order valence-electron chi connectivity index (χ4n) is 3.22. The molecule has 0 saturated carbocycles. The lowest BCUT2D eigenvalue weighted by Crippen LogP contribution is -2.60. The molecule has 1 heterocycles. The van der Waals surface area contributed by atoms with Crippen molar-refractivity contribution in [3.05, 3.63) is 0 Å². The zero-order valence-corrected chi connectivity index (χ0v) is 24.4. The summed E-state index contributed by atoms with van der Waals surface area (Å²) in [4.78, 5) is 12.3. The number of nitrogens with one attached hydrogen (secondary N) is 1. The van der Waals surface area contributed by atoms with Crippen molar-refractivity contribution in [1.29, 1.82) is 0 Å². The molecule has 0 aromatic carbocycles. The molecule has 0 radical (unpaired) electrons. The number of carbonyl (C=O) groups excluding carboxylic acids is 1. The van der Waals surface area contributed by atoms with E-state index in [-0.39, 0.29) is 6.42 Å². The first-order valence-corrected chi connectivity index (χ1v) is 13.3. The molecule has 1 saturated heterocycles. The highest BCUT2D eigenvalue weighted by molar-refractivity contribution is 5.94. The van der Waals surface area contributed by atoms with Crippen LogP contribution in [0.2, 0.25) is 0 Å². The minimum atomic E-state index is -1.69. The highest BCUT2D eigenvalue weighted by Crippen LogP contribution is 2.22. The predicted octanol–water partition coefficient (Wildman–Crippen LogP) is -3.14. The lowest BCUT2D eigenvalue weighted by molar-refractivity contribution is -0.303. The zero-order valence-electron chi connectivity index (χ0n) is 24.4. The average molecular weight is 608 g/mol. The summed E-state index contributed by atoms with van der Waals surface area (Å²) in [6.45, 7) is 2.30. The fraction of sp³-hybridized carbons (Fsp3) is 0.400. The highest BCUT2D eigenvalue weighted by atomic mass is 16.7. The van der Waals surface area contributed by atoms with Crippen LogP contribution in [0.4, 0.5) is 0 Å². The maximum absolute atomic E-state index is 12.3. The normalized spacial score (nSPS) is 20.4. The summed E-state index contributed by atoms with van der Waals surface area (Å²) in [5.41, 5.74) is 0. The second-order valence-electron chi connectivity index (χ2n) is 8.58. The number of hydrogen-bond donors (Lipinski definition) is 7. The van der Waals surface area contributed by atoms with Gasteiger partial charge < -0.3 is 45.4 Å². The molecule has 1 aliphatic rings. The Morgan fingerprint density at radius 2 is 1.22 bits per heavy atom. The van der Waals surface area contributed by atoms with Gasteiger partial charge in [-0.25, -0.2) is 0 Å². The van der Waals surface area contributed by atoms with E-state index in [0.717, 1.165) is 0 Å². The Hall–Kier alpha value is -5.25. The average Bonchev–Trinajstić information content (AvgIpc) is 3.03. The van der Waals surface area contributed by atoms with Crippen LogP contribution in [-0.2, 0) is 14.3 Å². The van der Waals surface area contributed by atoms with Crippen molar-refractivity contribution < 1.29 is 44.9 Å². The molecular weight excluding hydrogens is 578 g/mol. The van der Waals surface area contributed by atoms with Gasteiger partial charge in [0, 0.05) is 17.8 Å². The number of rotatable bonds is 9. The lowest BCUT2D eigenvalue weighted by Gasteiger charge is -2.40. The summed E-state index contributed by atoms with van der Waals surface area (Å²) < 4.78 is 10.7. The fourth-order valence-corrected chi connectivity index (χ4v) is 3.22. The number of aliphatic hydroxyl groups is 6. The van der Waals surface area contributed by atoms with Crippen LogP contribution in [0.15, 0.2) is 0 Å². The smallest absolute Gasteiger partial charge is 0.297 e. The van der Waals surface area contributed by atoms with E-state index in [0.29, 0.717) is 6.42 Å². The highest BCUT2D eigenvalue weighted by Gasteiger charge is 2.44. The molecule has 10 heteroatoms. The number of hydrogen-bond acceptors (Lipinski definition) is 9. The van der Waals surface area contributed by atoms with E-state index in [9.17, 15) is 35.4 Å². The van der Waals surface area contributed by atoms with Gasteiger partial charge in [0.2, 0.25) is 0 Å². The van der Waals surface area contributed by atoms with Gasteiger partial charge in [0.05, 0.1) is 25.4 Å². The molecule has 0 aromatic rings. The summed E-state index contributed by atoms with van der Waals surface area (Å²) >= 11 is 0. The summed E-state index contributed by atoms with van der Waals surface area (Å²) in [6, 6.07) is -1.22. The molecule has 0 spiro atoms. The van der Waals surface area contributed by atoms with Crippen LogP contribution >= 0.6 is 0 Å². The van der Waals surface area contributed by atoms with E-state index in [2.05, 4.69) is 124 Å². The lowest BCUT2D eigenvalue weighted by atomic mass is 9.99. The molecule has 1 aliphatic heterocycles. The molecule has 8 atom stereocenters. The molecule has 5 unspecified atom stereocenters. The van der Waals surface area contributed by atoms with E-state index in [1.54, 1.807) is 13.8 Å². The molecule has 1 fully saturated rings. The van der Waals surface area contributed by atoms with E-state index < -0.39 is 68.1 Å². The van der Waals surface area contributed by atoms with Crippen LogP contribution in [-0.4, -0.2) is 98.7 Å². The van der Waals surface area contributed by atoms with Crippen molar-refractivity contribution in [3.8, 4) is 118 Å². The first kappa shape index (κ1) is 37.8. The van der Waals surface area contributed by atoms with Crippen molar-refractivity contribution in [2.75, 3.05) is 13.2 Å². The van der Waals surface area contributed by atoms with Gasteiger partial charge in [0.25, 0.3) is 5.91 Å². The van der Waals surface area contributed by atoms with Gasteiger partial charge in [0.1, 0.15) is 30.5 Å². The van der Waals surface area contributed by atoms with Crippen molar-refractivity contribution >= 4 is 5.91 Å². The topological polar surface area (TPSA) is 169 Å². The Labute approximate surface area is 263 Å². The largest absolute Gasteiger partial charge is 0.394 e. The third kappa shape index (κ3) is 15.7. The molecule has 228 valence electrons. The van der Waals surface area contributed by atoms with Crippen molar-refractivity contribution in [2.45, 2.75) is 75.6 Å². The first-order valence-electron chi connectivity index (χ1n) is 13.3. The van der Waals surface area contributed by atoms with Crippen LogP contribution in [0.5, 0.6) is 0 Å². The SMILES string of the molecule is CC#CC#CC#CC#CC#CC#CC#CC#CC#CC#CC(=O)N[C@@H](COC1OC(CO)C(O)C(O)C1O)[C@H](O)[C@H](O)CCC. The molecule has 45 heavy (non-hydrogen) atoms. The Balaban J connectivity index is 2.74. The molecule has 10 nitrogen and oxygen atoms in total. The number of ether oxygens (including phenoxy) is 2. The second-order valence-corrected chi connectivity index (χ2v) is 8.58. The number of aliphatic hydroxyl groups excluding tert-OH is 6. The van der Waals surface area contributed by atoms with Crippen molar-refractivity contribution in [2.24, 2.45) is 0 Å². The molecule has 0 aliphatic carbocycles. The van der Waals surface area contributed by atoms with Gasteiger partial charge in [-0.1, -0.05) is 19.3 Å². The molecule has 0 aromatic heterocycles. The Morgan fingerprint density at radius 3 is 1.67 bits per heavy atom. The van der Waals surface area contributed by atoms with E-state index in [4.69, 9.17) is 9.47 Å². The van der Waals surface area contributed by atoms with Crippen LogP contribution in [0.3, 0.4) is 0 Å². The van der Waals surface area contributed by atoms with E-state index in [1.165, 1.54) is 0 Å². The third-order valence-corrected chi connectivity index (χ3v) is 5.36. The molecule has 1 amide bonds. The van der Waals surface area contributed by atoms with Gasteiger partial charge in [-0.3, -0.25) is 4.79 Å². The summed E-state index contributed by atoms with van der Waals surface area (Å²) in [5, 5.41) is 62.5. The van der Waals surface area contributed by atoms with Crippen molar-refractivity contribution in [3.63, 3.8) is 0 Å². The summed E-state index contributed by atoms with van der Waals surface area (Å²) in [6.07, 6.45) is -9.67. The maximum atomic E-state index is 12.3. The summed E-state index contributed by atoms with van der Waals surface area (Å²) in [5.74, 6) is 47.9. The van der Waals surface area contributed by atoms with E-state index >= 15 is 0 Å². The van der Waals surface area contributed by atoms with Crippen LogP contribution in [0.25, 0.3) is 0 Å². The van der Waals surface area contributed by atoms with Gasteiger partial charge in [-0.05, 0) is 108 Å². The minimum absolute atomic E-state index is 0.210. The van der Waals surface area contributed by atoms with Crippen molar-refractivity contribution in [1.82, 2.24) is 5.32 Å². The molecular formula is C35H29NO9. The van der Waals surface area contributed by atoms with Gasteiger partial charge in [-0.15, -0.1) is 0 Å². The summed E-state index contributed by atoms with van der Waals surface area (Å²) in [7, 11) is 0.